The normalized spacial score (nSPS) is 15.5. The van der Waals surface area contributed by atoms with Gasteiger partial charge in [0, 0.05) is 0 Å². The summed E-state index contributed by atoms with van der Waals surface area (Å²) in [5.74, 6) is 0.0408. The van der Waals surface area contributed by atoms with Crippen LogP contribution in [0.25, 0.3) is 0 Å². The maximum atomic E-state index is 12.1. The second kappa shape index (κ2) is 9.04. The first-order valence-electron chi connectivity index (χ1n) is 8.08. The van der Waals surface area contributed by atoms with E-state index in [1.165, 1.54) is 55.4 Å². The average molecular weight is 373 g/mol. The van der Waals surface area contributed by atoms with Gasteiger partial charge in [0.25, 0.3) is 0 Å². The van der Waals surface area contributed by atoms with Gasteiger partial charge in [-0.2, -0.15) is 0 Å². The summed E-state index contributed by atoms with van der Waals surface area (Å²) in [5.41, 5.74) is 0. The molecule has 0 aromatic heterocycles. The number of unbranched alkanes of at least 4 members (excludes halogenated alkanes) is 3. The minimum atomic E-state index is -2.47. The van der Waals surface area contributed by atoms with Gasteiger partial charge in [0.1, 0.15) is 0 Å². The van der Waals surface area contributed by atoms with E-state index < -0.39 is 18.4 Å². The van der Waals surface area contributed by atoms with Gasteiger partial charge < -0.3 is 0 Å². The van der Waals surface area contributed by atoms with Crippen molar-refractivity contribution < 1.29 is 9.53 Å². The molecule has 0 aromatic rings. The summed E-state index contributed by atoms with van der Waals surface area (Å²) < 4.78 is 10.5. The molecule has 19 heavy (non-hydrogen) atoms. The molecule has 0 radical (unpaired) electrons. The first kappa shape index (κ1) is 17.1. The Morgan fingerprint density at radius 1 is 1.00 bits per heavy atom. The van der Waals surface area contributed by atoms with E-state index in [1.807, 2.05) is 0 Å². The fourth-order valence-electron chi connectivity index (χ4n) is 3.12. The number of carbonyl (C=O) groups excluding carboxylic acids is 1. The number of rotatable bonds is 10. The van der Waals surface area contributed by atoms with Gasteiger partial charge in [0.05, 0.1) is 0 Å². The topological polar surface area (TPSA) is 26.3 Å². The van der Waals surface area contributed by atoms with E-state index in [4.69, 9.17) is 4.74 Å². The number of cyclic esters (lactones) is 1. The molecule has 0 spiro atoms. The molecule has 0 aromatic carbocycles. The van der Waals surface area contributed by atoms with Gasteiger partial charge in [0.2, 0.25) is 0 Å². The Hall–Kier alpha value is 0.00870. The molecule has 1 heterocycles. The van der Waals surface area contributed by atoms with Gasteiger partial charge in [-0.05, 0) is 0 Å². The van der Waals surface area contributed by atoms with Gasteiger partial charge in [0.15, 0.2) is 0 Å². The summed E-state index contributed by atoms with van der Waals surface area (Å²) in [4.78, 5) is 12.1. The van der Waals surface area contributed by atoms with Crippen LogP contribution in [0, 0.1) is 0 Å². The third-order valence-electron chi connectivity index (χ3n) is 4.32. The molecular formula is C16H30O2Sn. The number of hydrogen-bond donors (Lipinski definition) is 0. The fourth-order valence-corrected chi connectivity index (χ4v) is 19.3. The van der Waals surface area contributed by atoms with E-state index in [0.29, 0.717) is 6.61 Å². The zero-order chi connectivity index (χ0) is 14.1. The van der Waals surface area contributed by atoms with E-state index in [2.05, 4.69) is 26.8 Å². The Kier molecular flexibility index (Phi) is 8.12. The Balaban J connectivity index is 2.90. The molecule has 0 N–H and O–H groups in total. The van der Waals surface area contributed by atoms with Gasteiger partial charge in [-0.15, -0.1) is 0 Å². The Labute approximate surface area is 122 Å². The van der Waals surface area contributed by atoms with Crippen molar-refractivity contribution in [2.75, 3.05) is 6.61 Å². The van der Waals surface area contributed by atoms with Crippen molar-refractivity contribution in [2.45, 2.75) is 72.6 Å². The SMILES string of the molecule is CCC[CH2][Sn]([CH2]CCC)([CH2]CCC)[C]1=CCOC1=O. The third kappa shape index (κ3) is 4.80. The molecule has 0 unspecified atom stereocenters. The van der Waals surface area contributed by atoms with Crippen LogP contribution in [0.2, 0.25) is 13.3 Å². The van der Waals surface area contributed by atoms with Gasteiger partial charge in [-0.25, -0.2) is 0 Å². The van der Waals surface area contributed by atoms with Crippen LogP contribution in [-0.2, 0) is 9.53 Å². The van der Waals surface area contributed by atoms with Crippen LogP contribution in [0.15, 0.2) is 9.67 Å². The second-order valence-corrected chi connectivity index (χ2v) is 18.9. The van der Waals surface area contributed by atoms with Crippen molar-refractivity contribution in [3.8, 4) is 0 Å². The van der Waals surface area contributed by atoms with E-state index >= 15 is 0 Å². The van der Waals surface area contributed by atoms with E-state index in [0.717, 1.165) is 0 Å². The van der Waals surface area contributed by atoms with Crippen LogP contribution >= 0.6 is 0 Å². The number of esters is 1. The number of carbonyl (C=O) groups is 1. The molecule has 0 atom stereocenters. The molecule has 0 aliphatic carbocycles. The van der Waals surface area contributed by atoms with Crippen molar-refractivity contribution in [1.82, 2.24) is 0 Å². The van der Waals surface area contributed by atoms with Crippen LogP contribution in [-0.4, -0.2) is 31.0 Å². The Morgan fingerprint density at radius 3 is 1.79 bits per heavy atom. The van der Waals surface area contributed by atoms with Crippen LogP contribution in [0.5, 0.6) is 0 Å². The first-order valence-corrected chi connectivity index (χ1v) is 15.6. The monoisotopic (exact) mass is 374 g/mol. The fraction of sp³-hybridized carbons (Fsp3) is 0.812. The first-order chi connectivity index (χ1) is 9.20. The van der Waals surface area contributed by atoms with Gasteiger partial charge in [-0.3, -0.25) is 0 Å². The third-order valence-corrected chi connectivity index (χ3v) is 20.0. The molecule has 1 aliphatic rings. The number of hydrogen-bond acceptors (Lipinski definition) is 2. The number of ether oxygens (including phenoxy) is 1. The summed E-state index contributed by atoms with van der Waals surface area (Å²) in [6, 6.07) is 0. The summed E-state index contributed by atoms with van der Waals surface area (Å²) >= 11 is -2.47. The van der Waals surface area contributed by atoms with Crippen molar-refractivity contribution in [2.24, 2.45) is 0 Å². The molecule has 110 valence electrons. The molecule has 0 bridgehead atoms. The molecule has 0 saturated heterocycles. The van der Waals surface area contributed by atoms with Crippen molar-refractivity contribution in [1.29, 1.82) is 0 Å². The van der Waals surface area contributed by atoms with Crippen molar-refractivity contribution in [3.05, 3.63) is 9.67 Å². The standard InChI is InChI=1S/C4H3O2.3C4H9.Sn/c5-4-2-1-3-6-4;3*1-3-4-2;/h1H,3H2;3*1,3-4H2,2H3;. The average Bonchev–Trinajstić information content (AvgIpc) is 2.85. The van der Waals surface area contributed by atoms with Crippen LogP contribution in [0.4, 0.5) is 0 Å². The molecule has 1 aliphatic heterocycles. The summed E-state index contributed by atoms with van der Waals surface area (Å²) in [6.45, 7) is 7.32. The van der Waals surface area contributed by atoms with E-state index in [1.54, 1.807) is 0 Å². The Morgan fingerprint density at radius 2 is 1.47 bits per heavy atom. The predicted molar refractivity (Wildman–Crippen MR) is 83.9 cm³/mol. The van der Waals surface area contributed by atoms with Crippen LogP contribution < -0.4 is 0 Å². The quantitative estimate of drug-likeness (QED) is 0.404. The summed E-state index contributed by atoms with van der Waals surface area (Å²) in [7, 11) is 0. The van der Waals surface area contributed by atoms with E-state index in [9.17, 15) is 4.79 Å². The minimum absolute atomic E-state index is 0.0408. The molecule has 0 amide bonds. The second-order valence-electron chi connectivity index (χ2n) is 5.81. The van der Waals surface area contributed by atoms with Crippen LogP contribution in [0.3, 0.4) is 0 Å². The summed E-state index contributed by atoms with van der Waals surface area (Å²) in [5, 5.41) is 0. The molecular weight excluding hydrogens is 343 g/mol. The van der Waals surface area contributed by atoms with Crippen LogP contribution in [0.1, 0.15) is 59.3 Å². The Bertz CT molecular complexity index is 288. The zero-order valence-corrected chi connectivity index (χ0v) is 15.8. The molecule has 0 saturated carbocycles. The van der Waals surface area contributed by atoms with E-state index in [-0.39, 0.29) is 5.97 Å². The van der Waals surface area contributed by atoms with Crippen molar-refractivity contribution >= 4 is 24.3 Å². The van der Waals surface area contributed by atoms with Gasteiger partial charge >= 0.3 is 123 Å². The van der Waals surface area contributed by atoms with Crippen molar-refractivity contribution in [3.63, 3.8) is 0 Å². The zero-order valence-electron chi connectivity index (χ0n) is 13.0. The molecule has 3 heteroatoms. The predicted octanol–water partition coefficient (Wildman–Crippen LogP) is 4.86. The molecule has 0 fully saturated rings. The molecule has 2 nitrogen and oxygen atoms in total. The van der Waals surface area contributed by atoms with Gasteiger partial charge in [-0.1, -0.05) is 0 Å². The maximum absolute atomic E-state index is 12.1. The summed E-state index contributed by atoms with van der Waals surface area (Å²) in [6.07, 6.45) is 9.79. The molecule has 1 rings (SSSR count).